The van der Waals surface area contributed by atoms with Crippen LogP contribution in [0.15, 0.2) is 4.79 Å². The summed E-state index contributed by atoms with van der Waals surface area (Å²) in [5.74, 6) is -0.226. The number of hydrogen-bond donors (Lipinski definition) is 2. The molecule has 0 radical (unpaired) electrons. The SMILES string of the molecule is CCOC(=O)CCCCC(=O)c1[nH]c(=O)[nH]c1CSC#N. The quantitative estimate of drug-likeness (QED) is 0.310. The zero-order valence-electron chi connectivity index (χ0n) is 11.7. The number of thioether (sulfide) groups is 1. The molecule has 0 spiro atoms. The van der Waals surface area contributed by atoms with Crippen LogP contribution in [0.25, 0.3) is 0 Å². The van der Waals surface area contributed by atoms with E-state index < -0.39 is 5.69 Å². The highest BCUT2D eigenvalue weighted by Crippen LogP contribution is 2.14. The topological polar surface area (TPSA) is 116 Å². The summed E-state index contributed by atoms with van der Waals surface area (Å²) in [6, 6.07) is 0. The van der Waals surface area contributed by atoms with Crippen molar-refractivity contribution in [2.75, 3.05) is 6.61 Å². The predicted molar refractivity (Wildman–Crippen MR) is 77.8 cm³/mol. The minimum absolute atomic E-state index is 0.203. The van der Waals surface area contributed by atoms with Crippen molar-refractivity contribution < 1.29 is 14.3 Å². The molecule has 21 heavy (non-hydrogen) atoms. The van der Waals surface area contributed by atoms with Crippen molar-refractivity contribution in [1.29, 1.82) is 5.26 Å². The summed E-state index contributed by atoms with van der Waals surface area (Å²) in [6.45, 7) is 2.09. The van der Waals surface area contributed by atoms with Crippen LogP contribution in [-0.4, -0.2) is 28.3 Å². The minimum Gasteiger partial charge on any atom is -0.466 e. The molecule has 1 aromatic rings. The number of nitrogens with one attached hydrogen (secondary N) is 2. The van der Waals surface area contributed by atoms with Crippen molar-refractivity contribution in [3.05, 3.63) is 21.9 Å². The first-order valence-electron chi connectivity index (χ1n) is 6.59. The maximum absolute atomic E-state index is 12.0. The molecule has 0 aromatic carbocycles. The van der Waals surface area contributed by atoms with Crippen LogP contribution in [0.5, 0.6) is 0 Å². The molecule has 1 rings (SSSR count). The molecule has 0 aliphatic rings. The Bertz CT molecular complexity index is 585. The summed E-state index contributed by atoms with van der Waals surface area (Å²) in [6.07, 6.45) is 1.61. The van der Waals surface area contributed by atoms with Gasteiger partial charge >= 0.3 is 11.7 Å². The van der Waals surface area contributed by atoms with E-state index in [1.807, 2.05) is 5.40 Å². The minimum atomic E-state index is -0.460. The summed E-state index contributed by atoms with van der Waals surface area (Å²) in [5, 5.41) is 10.4. The first-order valence-corrected chi connectivity index (χ1v) is 7.57. The number of esters is 1. The number of rotatable bonds is 9. The Labute approximate surface area is 126 Å². The molecule has 0 amide bonds. The number of nitrogens with zero attached hydrogens (tertiary/aromatic N) is 1. The van der Waals surface area contributed by atoms with E-state index in [1.165, 1.54) is 0 Å². The monoisotopic (exact) mass is 311 g/mol. The van der Waals surface area contributed by atoms with Crippen LogP contribution in [0.1, 0.15) is 48.8 Å². The van der Waals surface area contributed by atoms with Gasteiger partial charge in [-0.2, -0.15) is 5.26 Å². The predicted octanol–water partition coefficient (Wildman–Crippen LogP) is 1.72. The number of ketones is 1. The van der Waals surface area contributed by atoms with E-state index >= 15 is 0 Å². The standard InChI is InChI=1S/C13H17N3O4S/c1-2-20-11(18)6-4-3-5-10(17)12-9(7-21-8-14)15-13(19)16-12/h2-7H2,1H3,(H2,15,16,19). The average molecular weight is 311 g/mol. The van der Waals surface area contributed by atoms with Crippen molar-refractivity contribution in [1.82, 2.24) is 9.97 Å². The Kier molecular flexibility index (Phi) is 7.32. The largest absolute Gasteiger partial charge is 0.466 e. The molecule has 0 saturated heterocycles. The van der Waals surface area contributed by atoms with E-state index in [9.17, 15) is 14.4 Å². The lowest BCUT2D eigenvalue weighted by Crippen LogP contribution is -2.07. The van der Waals surface area contributed by atoms with E-state index in [0.717, 1.165) is 11.8 Å². The van der Waals surface area contributed by atoms with Gasteiger partial charge in [-0.25, -0.2) is 4.79 Å². The molecule has 2 N–H and O–H groups in total. The van der Waals surface area contributed by atoms with E-state index in [2.05, 4.69) is 9.97 Å². The maximum atomic E-state index is 12.0. The second-order valence-corrected chi connectivity index (χ2v) is 5.01. The van der Waals surface area contributed by atoms with Crippen LogP contribution in [-0.2, 0) is 15.3 Å². The van der Waals surface area contributed by atoms with Gasteiger partial charge in [0.15, 0.2) is 5.78 Å². The third kappa shape index (κ3) is 5.87. The number of unbranched alkanes of at least 4 members (excludes halogenated alkanes) is 1. The maximum Gasteiger partial charge on any atom is 0.323 e. The van der Waals surface area contributed by atoms with Gasteiger partial charge in [0.1, 0.15) is 11.1 Å². The normalized spacial score (nSPS) is 10.1. The molecule has 0 unspecified atom stereocenters. The van der Waals surface area contributed by atoms with Gasteiger partial charge in [-0.15, -0.1) is 0 Å². The van der Waals surface area contributed by atoms with E-state index in [4.69, 9.17) is 10.00 Å². The fraction of sp³-hybridized carbons (Fsp3) is 0.538. The second kappa shape index (κ2) is 9.02. The van der Waals surface area contributed by atoms with Crippen LogP contribution in [0, 0.1) is 10.7 Å². The van der Waals surface area contributed by atoms with Crippen molar-refractivity contribution in [3.63, 3.8) is 0 Å². The second-order valence-electron chi connectivity index (χ2n) is 4.25. The highest BCUT2D eigenvalue weighted by atomic mass is 32.2. The molecule has 0 fully saturated rings. The number of ether oxygens (including phenoxy) is 1. The summed E-state index contributed by atoms with van der Waals surface area (Å²) in [7, 11) is 0. The fourth-order valence-electron chi connectivity index (χ4n) is 1.78. The summed E-state index contributed by atoms with van der Waals surface area (Å²) >= 11 is 0.946. The van der Waals surface area contributed by atoms with Gasteiger partial charge in [-0.1, -0.05) is 0 Å². The average Bonchev–Trinajstić information content (AvgIpc) is 2.82. The fourth-order valence-corrected chi connectivity index (χ4v) is 2.21. The smallest absolute Gasteiger partial charge is 0.323 e. The van der Waals surface area contributed by atoms with Gasteiger partial charge in [-0.05, 0) is 31.5 Å². The number of imidazole rings is 1. The zero-order valence-corrected chi connectivity index (χ0v) is 12.5. The molecule has 0 bridgehead atoms. The summed E-state index contributed by atoms with van der Waals surface area (Å²) in [4.78, 5) is 39.4. The molecule has 0 aliphatic heterocycles. The van der Waals surface area contributed by atoms with Gasteiger partial charge in [0.2, 0.25) is 0 Å². The van der Waals surface area contributed by atoms with Crippen molar-refractivity contribution in [2.24, 2.45) is 0 Å². The Hall–Kier alpha value is -2.01. The lowest BCUT2D eigenvalue weighted by atomic mass is 10.1. The number of nitriles is 1. The third-order valence-electron chi connectivity index (χ3n) is 2.70. The van der Waals surface area contributed by atoms with Gasteiger partial charge < -0.3 is 14.7 Å². The Morgan fingerprint density at radius 3 is 2.67 bits per heavy atom. The molecule has 0 saturated carbocycles. The van der Waals surface area contributed by atoms with Crippen molar-refractivity contribution >= 4 is 23.5 Å². The van der Waals surface area contributed by atoms with E-state index in [-0.39, 0.29) is 36.0 Å². The van der Waals surface area contributed by atoms with Crippen molar-refractivity contribution in [3.8, 4) is 5.40 Å². The highest BCUT2D eigenvalue weighted by molar-refractivity contribution is 8.02. The van der Waals surface area contributed by atoms with Gasteiger partial charge in [0.25, 0.3) is 0 Å². The first kappa shape index (κ1) is 17.0. The lowest BCUT2D eigenvalue weighted by molar-refractivity contribution is -0.143. The Morgan fingerprint density at radius 2 is 2.00 bits per heavy atom. The number of thiocyanates is 1. The van der Waals surface area contributed by atoms with E-state index in [1.54, 1.807) is 6.92 Å². The van der Waals surface area contributed by atoms with E-state index in [0.29, 0.717) is 25.1 Å². The molecule has 0 aliphatic carbocycles. The summed E-state index contributed by atoms with van der Waals surface area (Å²) in [5.41, 5.74) is 0.194. The van der Waals surface area contributed by atoms with Gasteiger partial charge in [0, 0.05) is 12.8 Å². The number of Topliss-reactive ketones (excluding diaryl/α,β-unsaturated/α-hetero) is 1. The zero-order chi connectivity index (χ0) is 15.7. The number of carbonyl (C=O) groups excluding carboxylic acids is 2. The first-order chi connectivity index (χ1) is 10.1. The van der Waals surface area contributed by atoms with Crippen LogP contribution in [0.3, 0.4) is 0 Å². The third-order valence-corrected chi connectivity index (χ3v) is 3.27. The van der Waals surface area contributed by atoms with Gasteiger partial charge in [-0.3, -0.25) is 9.59 Å². The number of aromatic amines is 2. The number of H-pyrrole nitrogens is 2. The van der Waals surface area contributed by atoms with Crippen LogP contribution in [0.4, 0.5) is 0 Å². The number of carbonyl (C=O) groups is 2. The molecule has 8 heteroatoms. The molecule has 1 aromatic heterocycles. The highest BCUT2D eigenvalue weighted by Gasteiger charge is 2.15. The van der Waals surface area contributed by atoms with Crippen molar-refractivity contribution in [2.45, 2.75) is 38.4 Å². The van der Waals surface area contributed by atoms with Crippen LogP contribution >= 0.6 is 11.8 Å². The Morgan fingerprint density at radius 1 is 1.29 bits per heavy atom. The number of hydrogen-bond acceptors (Lipinski definition) is 6. The lowest BCUT2D eigenvalue weighted by Gasteiger charge is -2.02. The van der Waals surface area contributed by atoms with Crippen LogP contribution in [0.2, 0.25) is 0 Å². The molecule has 114 valence electrons. The Balaban J connectivity index is 2.47. The molecular formula is C13H17N3O4S. The van der Waals surface area contributed by atoms with Gasteiger partial charge in [0.05, 0.1) is 18.1 Å². The summed E-state index contributed by atoms with van der Waals surface area (Å²) < 4.78 is 4.79. The molecule has 0 atom stereocenters. The molecule has 7 nitrogen and oxygen atoms in total. The molecule has 1 heterocycles. The molecular weight excluding hydrogens is 294 g/mol. The number of aromatic nitrogens is 2. The van der Waals surface area contributed by atoms with Crippen LogP contribution < -0.4 is 5.69 Å².